The molecule has 2 rings (SSSR count). The van der Waals surface area contributed by atoms with E-state index < -0.39 is 0 Å². The van der Waals surface area contributed by atoms with Gasteiger partial charge in [0.15, 0.2) is 0 Å². The Bertz CT molecular complexity index is 708. The number of nitrogens with zero attached hydrogens (tertiary/aromatic N) is 1. The van der Waals surface area contributed by atoms with Crippen molar-refractivity contribution in [3.8, 4) is 11.5 Å². The van der Waals surface area contributed by atoms with Crippen molar-refractivity contribution in [3.63, 3.8) is 0 Å². The summed E-state index contributed by atoms with van der Waals surface area (Å²) in [5.41, 5.74) is 0.781. The van der Waals surface area contributed by atoms with Crippen LogP contribution in [0.2, 0.25) is 0 Å². The van der Waals surface area contributed by atoms with Crippen LogP contribution in [0.4, 0.5) is 4.79 Å². The Balaban J connectivity index is 2.15. The second kappa shape index (κ2) is 8.75. The molecule has 0 aliphatic rings. The van der Waals surface area contributed by atoms with Crippen molar-refractivity contribution in [2.75, 3.05) is 0 Å². The molecule has 140 valence electrons. The number of benzene rings is 2. The van der Waals surface area contributed by atoms with Crippen LogP contribution in [0.25, 0.3) is 0 Å². The van der Waals surface area contributed by atoms with Crippen LogP contribution < -0.4 is 10.1 Å². The van der Waals surface area contributed by atoms with Crippen LogP contribution in [0, 0.1) is 0 Å². The number of rotatable bonds is 6. The van der Waals surface area contributed by atoms with Gasteiger partial charge in [0.05, 0.1) is 0 Å². The summed E-state index contributed by atoms with van der Waals surface area (Å²) in [5, 5.41) is 3.06. The Morgan fingerprint density at radius 2 is 1.73 bits per heavy atom. The molecule has 0 radical (unpaired) electrons. The number of para-hydroxylation sites is 1. The third kappa shape index (κ3) is 6.10. The van der Waals surface area contributed by atoms with E-state index in [1.807, 2.05) is 80.3 Å². The summed E-state index contributed by atoms with van der Waals surface area (Å²) in [6.45, 7) is 10.7. The van der Waals surface area contributed by atoms with Gasteiger partial charge in [-0.15, -0.1) is 0 Å². The Hall–Kier alpha value is -2.49. The first-order valence-corrected chi connectivity index (χ1v) is 9.19. The summed E-state index contributed by atoms with van der Waals surface area (Å²) in [5.74, 6) is 1.57. The van der Waals surface area contributed by atoms with E-state index in [1.54, 1.807) is 0 Å². The molecule has 1 N–H and O–H groups in total. The lowest BCUT2D eigenvalue weighted by atomic mass is 10.1. The average molecular weight is 354 g/mol. The highest BCUT2D eigenvalue weighted by Gasteiger charge is 2.23. The molecule has 0 fully saturated rings. The molecule has 0 aromatic heterocycles. The Morgan fingerprint density at radius 1 is 1.08 bits per heavy atom. The van der Waals surface area contributed by atoms with Crippen molar-refractivity contribution in [3.05, 3.63) is 60.2 Å². The first-order chi connectivity index (χ1) is 12.3. The standard InChI is InChI=1S/C22H30N2O2/c1-6-17(2)24(21(25)23-22(3,4)5)16-18-11-10-14-20(15-18)26-19-12-8-7-9-13-19/h7-15,17H,6,16H2,1-5H3,(H,23,25). The number of hydrogen-bond donors (Lipinski definition) is 1. The molecule has 0 aliphatic heterocycles. The number of hydrogen-bond acceptors (Lipinski definition) is 2. The van der Waals surface area contributed by atoms with Gasteiger partial charge in [-0.25, -0.2) is 4.79 Å². The molecule has 2 aromatic carbocycles. The highest BCUT2D eigenvalue weighted by molar-refractivity contribution is 5.75. The predicted octanol–water partition coefficient (Wildman–Crippen LogP) is 5.59. The number of carbonyl (C=O) groups excluding carboxylic acids is 1. The zero-order chi connectivity index (χ0) is 19.2. The van der Waals surface area contributed by atoms with Crippen LogP contribution in [0.15, 0.2) is 54.6 Å². The largest absolute Gasteiger partial charge is 0.457 e. The maximum atomic E-state index is 12.7. The van der Waals surface area contributed by atoms with Crippen molar-refractivity contribution >= 4 is 6.03 Å². The smallest absolute Gasteiger partial charge is 0.318 e. The second-order valence-corrected chi connectivity index (χ2v) is 7.63. The maximum Gasteiger partial charge on any atom is 0.318 e. The summed E-state index contributed by atoms with van der Waals surface area (Å²) in [7, 11) is 0. The van der Waals surface area contributed by atoms with Crippen molar-refractivity contribution in [2.24, 2.45) is 0 Å². The molecule has 0 heterocycles. The molecular formula is C22H30N2O2. The van der Waals surface area contributed by atoms with E-state index in [-0.39, 0.29) is 17.6 Å². The third-order valence-corrected chi connectivity index (χ3v) is 4.10. The molecule has 0 bridgehead atoms. The van der Waals surface area contributed by atoms with Gasteiger partial charge in [0, 0.05) is 18.1 Å². The summed E-state index contributed by atoms with van der Waals surface area (Å²) < 4.78 is 5.91. The van der Waals surface area contributed by atoms with E-state index in [1.165, 1.54) is 0 Å². The third-order valence-electron chi connectivity index (χ3n) is 4.10. The quantitative estimate of drug-likeness (QED) is 0.735. The molecular weight excluding hydrogens is 324 g/mol. The van der Waals surface area contributed by atoms with Crippen LogP contribution in [0.1, 0.15) is 46.6 Å². The molecule has 2 amide bonds. The molecule has 26 heavy (non-hydrogen) atoms. The van der Waals surface area contributed by atoms with Crippen LogP contribution >= 0.6 is 0 Å². The Kier molecular flexibility index (Phi) is 6.67. The van der Waals surface area contributed by atoms with Gasteiger partial charge in [0.1, 0.15) is 11.5 Å². The zero-order valence-corrected chi connectivity index (χ0v) is 16.5. The Morgan fingerprint density at radius 3 is 2.35 bits per heavy atom. The van der Waals surface area contributed by atoms with Gasteiger partial charge in [-0.1, -0.05) is 37.3 Å². The molecule has 4 heteroatoms. The summed E-state index contributed by atoms with van der Waals surface area (Å²) in [4.78, 5) is 14.6. The molecule has 1 unspecified atom stereocenters. The van der Waals surface area contributed by atoms with E-state index in [0.717, 1.165) is 23.5 Å². The van der Waals surface area contributed by atoms with Gasteiger partial charge in [0.2, 0.25) is 0 Å². The van der Waals surface area contributed by atoms with Crippen molar-refractivity contribution < 1.29 is 9.53 Å². The lowest BCUT2D eigenvalue weighted by Gasteiger charge is -2.32. The van der Waals surface area contributed by atoms with E-state index >= 15 is 0 Å². The van der Waals surface area contributed by atoms with Crippen LogP contribution in [-0.4, -0.2) is 22.5 Å². The molecule has 4 nitrogen and oxygen atoms in total. The number of amides is 2. The van der Waals surface area contributed by atoms with E-state index in [2.05, 4.69) is 19.2 Å². The first-order valence-electron chi connectivity index (χ1n) is 9.19. The van der Waals surface area contributed by atoms with Gasteiger partial charge >= 0.3 is 6.03 Å². The maximum absolute atomic E-state index is 12.7. The van der Waals surface area contributed by atoms with Gasteiger partial charge in [-0.05, 0) is 63.9 Å². The molecule has 0 aliphatic carbocycles. The lowest BCUT2D eigenvalue weighted by molar-refractivity contribution is 0.165. The normalized spacial score (nSPS) is 12.3. The first kappa shape index (κ1) is 19.8. The fraction of sp³-hybridized carbons (Fsp3) is 0.409. The van der Waals surface area contributed by atoms with Crippen LogP contribution in [0.5, 0.6) is 11.5 Å². The van der Waals surface area contributed by atoms with Crippen molar-refractivity contribution in [2.45, 2.75) is 59.2 Å². The topological polar surface area (TPSA) is 41.6 Å². The highest BCUT2D eigenvalue weighted by Crippen LogP contribution is 2.23. The minimum atomic E-state index is -0.263. The summed E-state index contributed by atoms with van der Waals surface area (Å²) >= 11 is 0. The lowest BCUT2D eigenvalue weighted by Crippen LogP contribution is -2.50. The Labute approximate surface area is 157 Å². The molecule has 2 aromatic rings. The fourth-order valence-electron chi connectivity index (χ4n) is 2.57. The van der Waals surface area contributed by atoms with Gasteiger partial charge < -0.3 is 15.0 Å². The zero-order valence-electron chi connectivity index (χ0n) is 16.5. The molecule has 1 atom stereocenters. The van der Waals surface area contributed by atoms with E-state index in [4.69, 9.17) is 4.74 Å². The van der Waals surface area contributed by atoms with Gasteiger partial charge in [-0.2, -0.15) is 0 Å². The number of nitrogens with one attached hydrogen (secondary N) is 1. The van der Waals surface area contributed by atoms with Crippen LogP contribution in [0.3, 0.4) is 0 Å². The van der Waals surface area contributed by atoms with Gasteiger partial charge in [-0.3, -0.25) is 0 Å². The summed E-state index contributed by atoms with van der Waals surface area (Å²) in [6.07, 6.45) is 0.901. The van der Waals surface area contributed by atoms with E-state index in [0.29, 0.717) is 6.54 Å². The number of carbonyl (C=O) groups is 1. The van der Waals surface area contributed by atoms with Crippen molar-refractivity contribution in [1.82, 2.24) is 10.2 Å². The average Bonchev–Trinajstić information content (AvgIpc) is 2.58. The highest BCUT2D eigenvalue weighted by atomic mass is 16.5. The SMILES string of the molecule is CCC(C)N(Cc1cccc(Oc2ccccc2)c1)C(=O)NC(C)(C)C. The van der Waals surface area contributed by atoms with Gasteiger partial charge in [0.25, 0.3) is 0 Å². The summed E-state index contributed by atoms with van der Waals surface area (Å²) in [6, 6.07) is 17.7. The predicted molar refractivity (Wildman–Crippen MR) is 107 cm³/mol. The number of urea groups is 1. The molecule has 0 saturated carbocycles. The molecule has 0 saturated heterocycles. The van der Waals surface area contributed by atoms with E-state index in [9.17, 15) is 4.79 Å². The molecule has 0 spiro atoms. The number of ether oxygens (including phenoxy) is 1. The minimum Gasteiger partial charge on any atom is -0.457 e. The second-order valence-electron chi connectivity index (χ2n) is 7.63. The monoisotopic (exact) mass is 354 g/mol. The minimum absolute atomic E-state index is 0.0405. The van der Waals surface area contributed by atoms with Crippen LogP contribution in [-0.2, 0) is 6.54 Å². The van der Waals surface area contributed by atoms with Crippen molar-refractivity contribution in [1.29, 1.82) is 0 Å². The fourth-order valence-corrected chi connectivity index (χ4v) is 2.57.